The number of carbonyl (C=O) groups is 1. The van der Waals surface area contributed by atoms with E-state index in [4.69, 9.17) is 17.3 Å². The van der Waals surface area contributed by atoms with Crippen molar-refractivity contribution in [2.75, 3.05) is 31.1 Å². The van der Waals surface area contributed by atoms with E-state index in [2.05, 4.69) is 17.1 Å². The highest BCUT2D eigenvalue weighted by atomic mass is 35.5. The van der Waals surface area contributed by atoms with E-state index in [1.54, 1.807) is 0 Å². The molecule has 0 aliphatic carbocycles. The first kappa shape index (κ1) is 20.3. The van der Waals surface area contributed by atoms with Crippen LogP contribution in [0.2, 0.25) is 5.02 Å². The van der Waals surface area contributed by atoms with Gasteiger partial charge in [0.25, 0.3) is 0 Å². The van der Waals surface area contributed by atoms with E-state index >= 15 is 0 Å². The summed E-state index contributed by atoms with van der Waals surface area (Å²) in [6, 6.07) is 5.97. The molecule has 3 N–H and O–H groups in total. The van der Waals surface area contributed by atoms with E-state index < -0.39 is 0 Å². The van der Waals surface area contributed by atoms with Gasteiger partial charge in [0.1, 0.15) is 0 Å². The van der Waals surface area contributed by atoms with Crippen LogP contribution in [0, 0.1) is 12.8 Å². The van der Waals surface area contributed by atoms with Gasteiger partial charge in [0.05, 0.1) is 6.54 Å². The zero-order valence-corrected chi connectivity index (χ0v) is 14.4. The Labute approximate surface area is 143 Å². The SMILES string of the molecule is Cc1ccc(Cl)cc1N1CCC(CNC(=O)CN)C1.Cl.Cl. The van der Waals surface area contributed by atoms with Crippen LogP contribution in [0.25, 0.3) is 0 Å². The number of aryl methyl sites for hydroxylation is 1. The van der Waals surface area contributed by atoms with Crippen molar-refractivity contribution in [2.45, 2.75) is 13.3 Å². The summed E-state index contributed by atoms with van der Waals surface area (Å²) in [4.78, 5) is 13.5. The minimum atomic E-state index is -0.0858. The summed E-state index contributed by atoms with van der Waals surface area (Å²) in [7, 11) is 0. The number of nitrogens with two attached hydrogens (primary N) is 1. The van der Waals surface area contributed by atoms with Gasteiger partial charge in [-0.15, -0.1) is 24.8 Å². The van der Waals surface area contributed by atoms with Crippen LogP contribution in [0.1, 0.15) is 12.0 Å². The number of halogens is 3. The summed E-state index contributed by atoms with van der Waals surface area (Å²) in [6.45, 7) is 4.81. The fraction of sp³-hybridized carbons (Fsp3) is 0.500. The summed E-state index contributed by atoms with van der Waals surface area (Å²) in [5, 5.41) is 3.62. The second-order valence-corrected chi connectivity index (χ2v) is 5.48. The molecule has 0 bridgehead atoms. The maximum Gasteiger partial charge on any atom is 0.233 e. The van der Waals surface area contributed by atoms with Gasteiger partial charge in [0.15, 0.2) is 0 Å². The van der Waals surface area contributed by atoms with Gasteiger partial charge in [-0.3, -0.25) is 4.79 Å². The largest absolute Gasteiger partial charge is 0.371 e. The smallest absolute Gasteiger partial charge is 0.233 e. The third-order valence-corrected chi connectivity index (χ3v) is 3.81. The molecule has 120 valence electrons. The molecule has 1 saturated heterocycles. The van der Waals surface area contributed by atoms with Crippen LogP contribution in [-0.4, -0.2) is 32.1 Å². The Bertz CT molecular complexity index is 471. The molecule has 21 heavy (non-hydrogen) atoms. The molecule has 1 unspecified atom stereocenters. The van der Waals surface area contributed by atoms with Gasteiger partial charge in [-0.05, 0) is 37.0 Å². The average Bonchev–Trinajstić information content (AvgIpc) is 2.87. The van der Waals surface area contributed by atoms with Crippen molar-refractivity contribution in [3.05, 3.63) is 28.8 Å². The van der Waals surface area contributed by atoms with Gasteiger partial charge < -0.3 is 16.0 Å². The molecule has 4 nitrogen and oxygen atoms in total. The highest BCUT2D eigenvalue weighted by molar-refractivity contribution is 6.30. The van der Waals surface area contributed by atoms with Crippen LogP contribution >= 0.6 is 36.4 Å². The van der Waals surface area contributed by atoms with Crippen LogP contribution in [0.15, 0.2) is 18.2 Å². The van der Waals surface area contributed by atoms with E-state index in [1.165, 1.54) is 11.3 Å². The van der Waals surface area contributed by atoms with Crippen molar-refractivity contribution in [2.24, 2.45) is 11.7 Å². The molecule has 1 aromatic rings. The van der Waals surface area contributed by atoms with Gasteiger partial charge in [-0.25, -0.2) is 0 Å². The van der Waals surface area contributed by atoms with E-state index in [1.807, 2.05) is 18.2 Å². The monoisotopic (exact) mass is 353 g/mol. The molecule has 7 heteroatoms. The first-order valence-electron chi connectivity index (χ1n) is 6.58. The van der Waals surface area contributed by atoms with E-state index in [0.717, 1.165) is 24.5 Å². The molecule has 1 amide bonds. The molecule has 1 atom stereocenters. The second-order valence-electron chi connectivity index (χ2n) is 5.04. The van der Waals surface area contributed by atoms with Crippen molar-refractivity contribution >= 4 is 48.0 Å². The van der Waals surface area contributed by atoms with Gasteiger partial charge in [-0.1, -0.05) is 17.7 Å². The van der Waals surface area contributed by atoms with Crippen LogP contribution in [0.4, 0.5) is 5.69 Å². The lowest BCUT2D eigenvalue weighted by molar-refractivity contribution is -0.119. The first-order valence-corrected chi connectivity index (χ1v) is 6.96. The molecule has 0 aromatic heterocycles. The number of rotatable bonds is 4. The van der Waals surface area contributed by atoms with E-state index in [-0.39, 0.29) is 37.3 Å². The number of nitrogens with zero attached hydrogens (tertiary/aromatic N) is 1. The Hall–Kier alpha value is -0.680. The van der Waals surface area contributed by atoms with Crippen molar-refractivity contribution in [3.8, 4) is 0 Å². The molecule has 1 aliphatic rings. The number of carbonyl (C=O) groups excluding carboxylic acids is 1. The molecule has 2 rings (SSSR count). The van der Waals surface area contributed by atoms with Crippen LogP contribution in [0.3, 0.4) is 0 Å². The highest BCUT2D eigenvalue weighted by Gasteiger charge is 2.23. The number of anilines is 1. The second kappa shape index (κ2) is 9.36. The average molecular weight is 355 g/mol. The molecule has 1 aliphatic heterocycles. The Morgan fingerprint density at radius 1 is 1.48 bits per heavy atom. The molecular formula is C14H22Cl3N3O. The maximum absolute atomic E-state index is 11.2. The number of amides is 1. The molecule has 1 aromatic carbocycles. The number of hydrogen-bond acceptors (Lipinski definition) is 3. The van der Waals surface area contributed by atoms with Crippen molar-refractivity contribution < 1.29 is 4.79 Å². The molecule has 0 spiro atoms. The van der Waals surface area contributed by atoms with Crippen LogP contribution in [0.5, 0.6) is 0 Å². The third kappa shape index (κ3) is 5.55. The summed E-state index contributed by atoms with van der Waals surface area (Å²) in [5.41, 5.74) is 7.70. The standard InChI is InChI=1S/C14H20ClN3O.2ClH/c1-10-2-3-12(15)6-13(10)18-5-4-11(9-18)8-17-14(19)7-16;;/h2-3,6,11H,4-5,7-9,16H2,1H3,(H,17,19);2*1H. The summed E-state index contributed by atoms with van der Waals surface area (Å²) < 4.78 is 0. The van der Waals surface area contributed by atoms with Gasteiger partial charge in [0.2, 0.25) is 5.91 Å². The van der Waals surface area contributed by atoms with Crippen LogP contribution < -0.4 is 16.0 Å². The summed E-state index contributed by atoms with van der Waals surface area (Å²) in [6.07, 6.45) is 1.08. The van der Waals surface area contributed by atoms with Crippen molar-refractivity contribution in [3.63, 3.8) is 0 Å². The number of benzene rings is 1. The Kier molecular flexibility index (Phi) is 9.06. The molecule has 0 saturated carbocycles. The molecular weight excluding hydrogens is 333 g/mol. The minimum Gasteiger partial charge on any atom is -0.371 e. The normalized spacial score (nSPS) is 16.9. The van der Waals surface area contributed by atoms with Crippen molar-refractivity contribution in [1.29, 1.82) is 0 Å². The van der Waals surface area contributed by atoms with Crippen LogP contribution in [-0.2, 0) is 4.79 Å². The third-order valence-electron chi connectivity index (χ3n) is 3.57. The predicted molar refractivity (Wildman–Crippen MR) is 93.1 cm³/mol. The topological polar surface area (TPSA) is 58.4 Å². The highest BCUT2D eigenvalue weighted by Crippen LogP contribution is 2.29. The summed E-state index contributed by atoms with van der Waals surface area (Å²) in [5.74, 6) is 0.395. The lowest BCUT2D eigenvalue weighted by Gasteiger charge is -2.21. The fourth-order valence-electron chi connectivity index (χ4n) is 2.47. The van der Waals surface area contributed by atoms with Gasteiger partial charge in [-0.2, -0.15) is 0 Å². The van der Waals surface area contributed by atoms with Crippen molar-refractivity contribution in [1.82, 2.24) is 5.32 Å². The number of hydrogen-bond donors (Lipinski definition) is 2. The van der Waals surface area contributed by atoms with E-state index in [0.29, 0.717) is 12.5 Å². The lowest BCUT2D eigenvalue weighted by atomic mass is 10.1. The maximum atomic E-state index is 11.2. The Morgan fingerprint density at radius 2 is 2.19 bits per heavy atom. The zero-order valence-electron chi connectivity index (χ0n) is 12.0. The number of nitrogens with one attached hydrogen (secondary N) is 1. The summed E-state index contributed by atoms with van der Waals surface area (Å²) >= 11 is 6.06. The Balaban J connectivity index is 0.00000200. The van der Waals surface area contributed by atoms with Gasteiger partial charge in [0, 0.05) is 30.3 Å². The quantitative estimate of drug-likeness (QED) is 0.873. The molecule has 1 fully saturated rings. The predicted octanol–water partition coefficient (Wildman–Crippen LogP) is 2.39. The molecule has 0 radical (unpaired) electrons. The molecule has 1 heterocycles. The minimum absolute atomic E-state index is 0. The zero-order chi connectivity index (χ0) is 13.8. The Morgan fingerprint density at radius 3 is 2.86 bits per heavy atom. The van der Waals surface area contributed by atoms with Gasteiger partial charge >= 0.3 is 0 Å². The lowest BCUT2D eigenvalue weighted by Crippen LogP contribution is -2.35. The van der Waals surface area contributed by atoms with E-state index in [9.17, 15) is 4.79 Å². The fourth-order valence-corrected chi connectivity index (χ4v) is 2.64. The first-order chi connectivity index (χ1) is 9.10.